The number of anilines is 2. The SMILES string of the molecule is COc1ccc(-c2cnc3c(Nc4ccc(C(=O)NCCC5CCOCC5)c(C)c4)nccn23)cc1F.O=C(O)C(F)(F)F. The van der Waals surface area contributed by atoms with E-state index in [9.17, 15) is 22.4 Å². The van der Waals surface area contributed by atoms with Gasteiger partial charge in [-0.3, -0.25) is 9.20 Å². The van der Waals surface area contributed by atoms with Gasteiger partial charge in [-0.05, 0) is 74.1 Å². The van der Waals surface area contributed by atoms with E-state index >= 15 is 0 Å². The summed E-state index contributed by atoms with van der Waals surface area (Å²) in [6, 6.07) is 10.4. The van der Waals surface area contributed by atoms with Crippen molar-refractivity contribution in [2.45, 2.75) is 32.4 Å². The number of aryl methyl sites for hydroxylation is 1. The summed E-state index contributed by atoms with van der Waals surface area (Å²) < 4.78 is 58.3. The van der Waals surface area contributed by atoms with Crippen LogP contribution in [-0.2, 0) is 9.53 Å². The standard InChI is InChI=1S/C28H30FN5O3.C2HF3O2/c1-18-15-21(4-5-22(18)28(35)31-10-7-19-8-13-37-14-9-19)33-26-27-32-17-24(34(27)12-11-30-26)20-3-6-25(36-2)23(29)16-20;3-2(4,5)1(6)7/h3-6,11-12,15-17,19H,7-10,13-14H2,1-2H3,(H,30,33)(H,31,35);(H,6,7). The Labute approximate surface area is 250 Å². The van der Waals surface area contributed by atoms with Gasteiger partial charge in [0.1, 0.15) is 0 Å². The van der Waals surface area contributed by atoms with Crippen molar-refractivity contribution >= 4 is 29.0 Å². The van der Waals surface area contributed by atoms with E-state index in [0.29, 0.717) is 35.1 Å². The maximum absolute atomic E-state index is 14.3. The second kappa shape index (κ2) is 14.2. The van der Waals surface area contributed by atoms with Gasteiger partial charge in [-0.2, -0.15) is 13.2 Å². The maximum atomic E-state index is 14.3. The highest BCUT2D eigenvalue weighted by molar-refractivity contribution is 5.96. The molecule has 1 amide bonds. The van der Waals surface area contributed by atoms with E-state index in [1.54, 1.807) is 30.7 Å². The van der Waals surface area contributed by atoms with Gasteiger partial charge in [0, 0.05) is 49.0 Å². The van der Waals surface area contributed by atoms with Gasteiger partial charge in [0.15, 0.2) is 23.0 Å². The van der Waals surface area contributed by atoms with E-state index in [2.05, 4.69) is 20.6 Å². The summed E-state index contributed by atoms with van der Waals surface area (Å²) in [5.41, 5.74) is 4.29. The first kappa shape index (κ1) is 32.2. The van der Waals surface area contributed by atoms with Crippen molar-refractivity contribution in [1.29, 1.82) is 0 Å². The number of fused-ring (bicyclic) bond motifs is 1. The van der Waals surface area contributed by atoms with Crippen molar-refractivity contribution in [2.75, 3.05) is 32.2 Å². The molecule has 14 heteroatoms. The monoisotopic (exact) mass is 617 g/mol. The van der Waals surface area contributed by atoms with E-state index in [-0.39, 0.29) is 11.7 Å². The number of carbonyl (C=O) groups excluding carboxylic acids is 1. The van der Waals surface area contributed by atoms with Crippen LogP contribution < -0.4 is 15.4 Å². The first-order valence-corrected chi connectivity index (χ1v) is 13.7. The molecule has 0 radical (unpaired) electrons. The Bertz CT molecular complexity index is 1620. The van der Waals surface area contributed by atoms with Crippen molar-refractivity contribution in [2.24, 2.45) is 5.92 Å². The number of aliphatic carboxylic acids is 1. The smallest absolute Gasteiger partial charge is 0.490 e. The van der Waals surface area contributed by atoms with Crippen LogP contribution in [0.3, 0.4) is 0 Å². The number of carboxylic acids is 1. The number of hydrogen-bond donors (Lipinski definition) is 3. The van der Waals surface area contributed by atoms with Crippen molar-refractivity contribution in [1.82, 2.24) is 19.7 Å². The maximum Gasteiger partial charge on any atom is 0.490 e. The number of carboxylic acid groups (broad SMARTS) is 1. The van der Waals surface area contributed by atoms with Gasteiger partial charge in [0.05, 0.1) is 19.0 Å². The summed E-state index contributed by atoms with van der Waals surface area (Å²) in [5.74, 6) is -1.91. The molecule has 1 aliphatic rings. The van der Waals surface area contributed by atoms with Crippen molar-refractivity contribution in [3.05, 3.63) is 71.9 Å². The Morgan fingerprint density at radius 2 is 1.86 bits per heavy atom. The molecule has 10 nitrogen and oxygen atoms in total. The van der Waals surface area contributed by atoms with E-state index in [1.807, 2.05) is 29.5 Å². The van der Waals surface area contributed by atoms with Crippen LogP contribution in [0.4, 0.5) is 29.1 Å². The molecule has 0 spiro atoms. The van der Waals surface area contributed by atoms with Gasteiger partial charge < -0.3 is 25.2 Å². The Hall–Kier alpha value is -4.72. The molecule has 1 fully saturated rings. The number of rotatable bonds is 8. The lowest BCUT2D eigenvalue weighted by Gasteiger charge is -2.22. The fourth-order valence-corrected chi connectivity index (χ4v) is 4.70. The minimum atomic E-state index is -5.08. The molecule has 4 aromatic rings. The quantitative estimate of drug-likeness (QED) is 0.213. The van der Waals surface area contributed by atoms with Crippen LogP contribution in [0.1, 0.15) is 35.2 Å². The van der Waals surface area contributed by atoms with Gasteiger partial charge in [-0.15, -0.1) is 0 Å². The number of methoxy groups -OCH3 is 1. The molecular weight excluding hydrogens is 586 g/mol. The second-order valence-corrected chi connectivity index (χ2v) is 10.0. The van der Waals surface area contributed by atoms with Crippen LogP contribution >= 0.6 is 0 Å². The van der Waals surface area contributed by atoms with E-state index < -0.39 is 18.0 Å². The predicted molar refractivity (Wildman–Crippen MR) is 154 cm³/mol. The van der Waals surface area contributed by atoms with Gasteiger partial charge in [0.25, 0.3) is 5.91 Å². The summed E-state index contributed by atoms with van der Waals surface area (Å²) in [7, 11) is 1.44. The summed E-state index contributed by atoms with van der Waals surface area (Å²) >= 11 is 0. The molecule has 1 aliphatic heterocycles. The molecule has 5 rings (SSSR count). The second-order valence-electron chi connectivity index (χ2n) is 10.0. The third kappa shape index (κ3) is 8.01. The van der Waals surface area contributed by atoms with Crippen molar-refractivity contribution < 1.29 is 41.7 Å². The fourth-order valence-electron chi connectivity index (χ4n) is 4.70. The van der Waals surface area contributed by atoms with Crippen LogP contribution in [0, 0.1) is 18.7 Å². The van der Waals surface area contributed by atoms with Crippen LogP contribution in [0.15, 0.2) is 55.0 Å². The third-order valence-electron chi connectivity index (χ3n) is 7.03. The van der Waals surface area contributed by atoms with Crippen LogP contribution in [0.25, 0.3) is 16.9 Å². The minimum absolute atomic E-state index is 0.0686. The normalized spacial score (nSPS) is 13.6. The third-order valence-corrected chi connectivity index (χ3v) is 7.03. The van der Waals surface area contributed by atoms with Gasteiger partial charge in [-0.25, -0.2) is 19.2 Å². The number of benzene rings is 2. The molecule has 2 aromatic carbocycles. The summed E-state index contributed by atoms with van der Waals surface area (Å²) in [4.78, 5) is 30.6. The van der Waals surface area contributed by atoms with E-state index in [0.717, 1.165) is 49.4 Å². The number of hydrogen-bond acceptors (Lipinski definition) is 7. The van der Waals surface area contributed by atoms with Crippen LogP contribution in [0.5, 0.6) is 5.75 Å². The molecule has 0 atom stereocenters. The zero-order valence-corrected chi connectivity index (χ0v) is 23.9. The predicted octanol–water partition coefficient (Wildman–Crippen LogP) is 5.78. The molecule has 44 heavy (non-hydrogen) atoms. The van der Waals surface area contributed by atoms with Crippen molar-refractivity contribution in [3.63, 3.8) is 0 Å². The number of imidazole rings is 1. The summed E-state index contributed by atoms with van der Waals surface area (Å²) in [6.45, 7) is 4.21. The Kier molecular flexibility index (Phi) is 10.4. The first-order valence-electron chi connectivity index (χ1n) is 13.7. The van der Waals surface area contributed by atoms with Crippen molar-refractivity contribution in [3.8, 4) is 17.0 Å². The molecule has 234 valence electrons. The number of nitrogens with zero attached hydrogens (tertiary/aromatic N) is 3. The van der Waals surface area contributed by atoms with E-state index in [4.69, 9.17) is 19.4 Å². The average Bonchev–Trinajstić information content (AvgIpc) is 3.43. The molecule has 1 saturated heterocycles. The Morgan fingerprint density at radius 3 is 2.50 bits per heavy atom. The zero-order valence-electron chi connectivity index (χ0n) is 23.9. The number of carbonyl (C=O) groups is 2. The highest BCUT2D eigenvalue weighted by atomic mass is 19.4. The number of amides is 1. The lowest BCUT2D eigenvalue weighted by molar-refractivity contribution is -0.192. The first-order chi connectivity index (χ1) is 21.0. The molecule has 0 bridgehead atoms. The number of alkyl halides is 3. The molecule has 0 aliphatic carbocycles. The molecular formula is C30H31F4N5O5. The van der Waals surface area contributed by atoms with E-state index in [1.165, 1.54) is 13.2 Å². The summed E-state index contributed by atoms with van der Waals surface area (Å²) in [6.07, 6.45) is 3.13. The molecule has 3 heterocycles. The fraction of sp³-hybridized carbons (Fsp3) is 0.333. The average molecular weight is 618 g/mol. The molecule has 0 unspecified atom stereocenters. The largest absolute Gasteiger partial charge is 0.494 e. The van der Waals surface area contributed by atoms with Gasteiger partial charge in [0.2, 0.25) is 0 Å². The Balaban J connectivity index is 0.000000566. The van der Waals surface area contributed by atoms with Crippen LogP contribution in [-0.4, -0.2) is 64.4 Å². The molecule has 2 aromatic heterocycles. The Morgan fingerprint density at radius 1 is 1.14 bits per heavy atom. The number of nitrogens with one attached hydrogen (secondary N) is 2. The zero-order chi connectivity index (χ0) is 31.9. The lowest BCUT2D eigenvalue weighted by Crippen LogP contribution is -2.28. The van der Waals surface area contributed by atoms with Gasteiger partial charge >= 0.3 is 12.1 Å². The minimum Gasteiger partial charge on any atom is -0.494 e. The van der Waals surface area contributed by atoms with Gasteiger partial charge in [-0.1, -0.05) is 0 Å². The highest BCUT2D eigenvalue weighted by Crippen LogP contribution is 2.29. The van der Waals surface area contributed by atoms with Crippen LogP contribution in [0.2, 0.25) is 0 Å². The highest BCUT2D eigenvalue weighted by Gasteiger charge is 2.38. The number of ether oxygens (including phenoxy) is 2. The topological polar surface area (TPSA) is 127 Å². The summed E-state index contributed by atoms with van der Waals surface area (Å²) in [5, 5.41) is 13.5. The number of aromatic nitrogens is 3. The number of halogens is 4. The molecule has 3 N–H and O–H groups in total. The lowest BCUT2D eigenvalue weighted by atomic mass is 9.96. The molecule has 0 saturated carbocycles.